The van der Waals surface area contributed by atoms with Crippen LogP contribution in [-0.2, 0) is 0 Å². The Morgan fingerprint density at radius 3 is 2.08 bits per heavy atom. The van der Waals surface area contributed by atoms with Gasteiger partial charge in [0.15, 0.2) is 5.78 Å². The van der Waals surface area contributed by atoms with Crippen molar-refractivity contribution in [3.8, 4) is 0 Å². The van der Waals surface area contributed by atoms with Gasteiger partial charge in [0, 0.05) is 35.2 Å². The SMILES string of the molecule is CC(NC(=O)c1ccccc1)C(C)C(=O)c1ccc([N+](=O)[O-])cc1. The number of nitrogens with zero attached hydrogens (tertiary/aromatic N) is 1. The van der Waals surface area contributed by atoms with Crippen molar-refractivity contribution >= 4 is 17.4 Å². The molecule has 2 aromatic rings. The number of carbonyl (C=O) groups excluding carboxylic acids is 2. The molecule has 6 nitrogen and oxygen atoms in total. The van der Waals surface area contributed by atoms with Crippen LogP contribution in [0.25, 0.3) is 0 Å². The second-order valence-corrected chi connectivity index (χ2v) is 5.59. The second kappa shape index (κ2) is 7.50. The summed E-state index contributed by atoms with van der Waals surface area (Å²) in [6.07, 6.45) is 0. The maximum Gasteiger partial charge on any atom is 0.269 e. The lowest BCUT2D eigenvalue weighted by Crippen LogP contribution is -2.40. The fourth-order valence-electron chi connectivity index (χ4n) is 2.24. The maximum atomic E-state index is 12.5. The van der Waals surface area contributed by atoms with E-state index >= 15 is 0 Å². The van der Waals surface area contributed by atoms with Crippen LogP contribution in [0.1, 0.15) is 34.6 Å². The van der Waals surface area contributed by atoms with E-state index < -0.39 is 10.8 Å². The lowest BCUT2D eigenvalue weighted by atomic mass is 9.93. The summed E-state index contributed by atoms with van der Waals surface area (Å²) in [6, 6.07) is 13.8. The number of nitro benzene ring substituents is 1. The van der Waals surface area contributed by atoms with Crippen molar-refractivity contribution in [3.05, 3.63) is 75.8 Å². The molecule has 1 N–H and O–H groups in total. The van der Waals surface area contributed by atoms with Gasteiger partial charge in [-0.25, -0.2) is 0 Å². The minimum absolute atomic E-state index is 0.0652. The summed E-state index contributed by atoms with van der Waals surface area (Å²) in [5.74, 6) is -0.878. The van der Waals surface area contributed by atoms with Gasteiger partial charge in [-0.15, -0.1) is 0 Å². The minimum atomic E-state index is -0.513. The molecule has 0 saturated carbocycles. The van der Waals surface area contributed by atoms with Crippen LogP contribution in [0.3, 0.4) is 0 Å². The molecule has 0 radical (unpaired) electrons. The Bertz CT molecular complexity index is 741. The molecule has 0 aliphatic rings. The van der Waals surface area contributed by atoms with Crippen LogP contribution in [-0.4, -0.2) is 22.7 Å². The smallest absolute Gasteiger partial charge is 0.269 e. The summed E-state index contributed by atoms with van der Waals surface area (Å²) in [6.45, 7) is 3.48. The number of ketones is 1. The first-order chi connectivity index (χ1) is 11.4. The first-order valence-electron chi connectivity index (χ1n) is 7.54. The molecule has 24 heavy (non-hydrogen) atoms. The molecule has 0 aromatic heterocycles. The highest BCUT2D eigenvalue weighted by Crippen LogP contribution is 2.17. The molecule has 0 spiro atoms. The molecule has 0 bridgehead atoms. The van der Waals surface area contributed by atoms with Crippen LogP contribution in [0.4, 0.5) is 5.69 Å². The molecular weight excluding hydrogens is 308 g/mol. The quantitative estimate of drug-likeness (QED) is 0.501. The van der Waals surface area contributed by atoms with Crippen molar-refractivity contribution < 1.29 is 14.5 Å². The van der Waals surface area contributed by atoms with Gasteiger partial charge in [-0.1, -0.05) is 25.1 Å². The lowest BCUT2D eigenvalue weighted by Gasteiger charge is -2.20. The maximum absolute atomic E-state index is 12.5. The van der Waals surface area contributed by atoms with E-state index in [0.717, 1.165) is 0 Å². The highest BCUT2D eigenvalue weighted by Gasteiger charge is 2.23. The summed E-state index contributed by atoms with van der Waals surface area (Å²) in [5.41, 5.74) is 0.845. The number of hydrogen-bond donors (Lipinski definition) is 1. The zero-order valence-corrected chi connectivity index (χ0v) is 13.4. The van der Waals surface area contributed by atoms with Gasteiger partial charge < -0.3 is 5.32 Å². The summed E-state index contributed by atoms with van der Waals surface area (Å²) in [5, 5.41) is 13.5. The number of benzene rings is 2. The highest BCUT2D eigenvalue weighted by atomic mass is 16.6. The van der Waals surface area contributed by atoms with Gasteiger partial charge >= 0.3 is 0 Å². The van der Waals surface area contributed by atoms with Crippen LogP contribution in [0.5, 0.6) is 0 Å². The average Bonchev–Trinajstić information content (AvgIpc) is 2.61. The normalized spacial score (nSPS) is 12.9. The molecule has 0 fully saturated rings. The molecule has 124 valence electrons. The molecule has 6 heteroatoms. The third kappa shape index (κ3) is 4.04. The predicted octanol–water partition coefficient (Wildman–Crippen LogP) is 3.23. The topological polar surface area (TPSA) is 89.3 Å². The number of Topliss-reactive ketones (excluding diaryl/α,β-unsaturated/α-hetero) is 1. The van der Waals surface area contributed by atoms with Crippen molar-refractivity contribution in [1.82, 2.24) is 5.32 Å². The van der Waals surface area contributed by atoms with Crippen molar-refractivity contribution in [2.24, 2.45) is 5.92 Å². The van der Waals surface area contributed by atoms with Gasteiger partial charge in [-0.05, 0) is 31.2 Å². The molecular formula is C18H18N2O4. The predicted molar refractivity (Wildman–Crippen MR) is 90.0 cm³/mol. The van der Waals surface area contributed by atoms with Crippen LogP contribution in [0.2, 0.25) is 0 Å². The molecule has 2 unspecified atom stereocenters. The van der Waals surface area contributed by atoms with E-state index in [0.29, 0.717) is 11.1 Å². The molecule has 0 aliphatic carbocycles. The highest BCUT2D eigenvalue weighted by molar-refractivity contribution is 5.99. The largest absolute Gasteiger partial charge is 0.349 e. The molecule has 2 aromatic carbocycles. The molecule has 0 aliphatic heterocycles. The summed E-state index contributed by atoms with van der Waals surface area (Å²) < 4.78 is 0. The number of nitrogens with one attached hydrogen (secondary N) is 1. The first kappa shape index (κ1) is 17.3. The van der Waals surface area contributed by atoms with Gasteiger partial charge in [-0.2, -0.15) is 0 Å². The van der Waals surface area contributed by atoms with Crippen LogP contribution in [0.15, 0.2) is 54.6 Å². The van der Waals surface area contributed by atoms with Gasteiger partial charge in [0.05, 0.1) is 4.92 Å². The molecule has 2 rings (SSSR count). The Kier molecular flexibility index (Phi) is 5.42. The fourth-order valence-corrected chi connectivity index (χ4v) is 2.24. The third-order valence-corrected chi connectivity index (χ3v) is 3.92. The first-order valence-corrected chi connectivity index (χ1v) is 7.54. The summed E-state index contributed by atoms with van der Waals surface area (Å²) >= 11 is 0. The third-order valence-electron chi connectivity index (χ3n) is 3.92. The zero-order chi connectivity index (χ0) is 17.7. The number of rotatable bonds is 6. The van der Waals surface area contributed by atoms with Crippen LogP contribution in [0, 0.1) is 16.0 Å². The second-order valence-electron chi connectivity index (χ2n) is 5.59. The minimum Gasteiger partial charge on any atom is -0.349 e. The van der Waals surface area contributed by atoms with Crippen LogP contribution < -0.4 is 5.32 Å². The Morgan fingerprint density at radius 1 is 0.958 bits per heavy atom. The monoisotopic (exact) mass is 326 g/mol. The molecule has 0 heterocycles. The van der Waals surface area contributed by atoms with Crippen molar-refractivity contribution in [1.29, 1.82) is 0 Å². The van der Waals surface area contributed by atoms with Crippen LogP contribution >= 0.6 is 0 Å². The van der Waals surface area contributed by atoms with E-state index in [2.05, 4.69) is 5.32 Å². The number of carbonyl (C=O) groups is 2. The van der Waals surface area contributed by atoms with Gasteiger partial charge in [0.2, 0.25) is 0 Å². The fraction of sp³-hybridized carbons (Fsp3) is 0.222. The molecule has 2 atom stereocenters. The van der Waals surface area contributed by atoms with E-state index in [1.165, 1.54) is 24.3 Å². The van der Waals surface area contributed by atoms with E-state index in [4.69, 9.17) is 0 Å². The number of nitro groups is 1. The molecule has 1 amide bonds. The average molecular weight is 326 g/mol. The Hall–Kier alpha value is -3.02. The number of amides is 1. The van der Waals surface area contributed by atoms with Crippen molar-refractivity contribution in [2.45, 2.75) is 19.9 Å². The van der Waals surface area contributed by atoms with E-state index in [1.807, 2.05) is 6.07 Å². The van der Waals surface area contributed by atoms with E-state index in [-0.39, 0.29) is 23.4 Å². The number of hydrogen-bond acceptors (Lipinski definition) is 4. The summed E-state index contributed by atoms with van der Waals surface area (Å²) in [4.78, 5) is 34.7. The van der Waals surface area contributed by atoms with E-state index in [1.54, 1.807) is 38.1 Å². The van der Waals surface area contributed by atoms with E-state index in [9.17, 15) is 19.7 Å². The number of non-ortho nitro benzene ring substituents is 1. The van der Waals surface area contributed by atoms with Crippen molar-refractivity contribution in [2.75, 3.05) is 0 Å². The van der Waals surface area contributed by atoms with Crippen molar-refractivity contribution in [3.63, 3.8) is 0 Å². The van der Waals surface area contributed by atoms with Gasteiger partial charge in [0.1, 0.15) is 0 Å². The van der Waals surface area contributed by atoms with Gasteiger partial charge in [0.25, 0.3) is 11.6 Å². The molecule has 0 saturated heterocycles. The Labute approximate surface area is 139 Å². The Balaban J connectivity index is 2.04. The summed E-state index contributed by atoms with van der Waals surface area (Å²) in [7, 11) is 0. The van der Waals surface area contributed by atoms with Gasteiger partial charge in [-0.3, -0.25) is 19.7 Å². The zero-order valence-electron chi connectivity index (χ0n) is 13.4. The Morgan fingerprint density at radius 2 is 1.54 bits per heavy atom. The lowest BCUT2D eigenvalue weighted by molar-refractivity contribution is -0.384. The standard InChI is InChI=1S/C18H18N2O4/c1-12(13(2)19-18(22)15-6-4-3-5-7-15)17(21)14-8-10-16(11-9-14)20(23)24/h3-13H,1-2H3,(H,19,22).